The second kappa shape index (κ2) is 7.38. The lowest BCUT2D eigenvalue weighted by Gasteiger charge is -2.06. The normalized spacial score (nSPS) is 11.2. The zero-order valence-electron chi connectivity index (χ0n) is 11.6. The number of esters is 1. The van der Waals surface area contributed by atoms with E-state index in [1.54, 1.807) is 6.08 Å². The van der Waals surface area contributed by atoms with Crippen LogP contribution in [0.15, 0.2) is 29.8 Å². The number of hydrogen-bond donors (Lipinski definition) is 0. The van der Waals surface area contributed by atoms with Crippen molar-refractivity contribution < 1.29 is 9.53 Å². The van der Waals surface area contributed by atoms with Gasteiger partial charge in [-0.15, -0.1) is 0 Å². The van der Waals surface area contributed by atoms with Crippen LogP contribution in [0.5, 0.6) is 0 Å². The number of nitriles is 1. The topological polar surface area (TPSA) is 50.1 Å². The van der Waals surface area contributed by atoms with E-state index in [2.05, 4.69) is 6.92 Å². The van der Waals surface area contributed by atoms with Gasteiger partial charge in [-0.05, 0) is 29.5 Å². The summed E-state index contributed by atoms with van der Waals surface area (Å²) >= 11 is 0. The van der Waals surface area contributed by atoms with Crippen LogP contribution in [-0.2, 0) is 16.0 Å². The number of carbonyl (C=O) groups excluding carboxylic acids is 1. The van der Waals surface area contributed by atoms with Crippen molar-refractivity contribution in [2.45, 2.75) is 27.2 Å². The molecule has 0 atom stereocenters. The predicted molar refractivity (Wildman–Crippen MR) is 75.2 cm³/mol. The molecule has 0 spiro atoms. The first-order chi connectivity index (χ1) is 9.06. The van der Waals surface area contributed by atoms with E-state index in [-0.39, 0.29) is 11.5 Å². The monoisotopic (exact) mass is 257 g/mol. The van der Waals surface area contributed by atoms with E-state index in [4.69, 9.17) is 10.00 Å². The molecular formula is C16H19NO2. The summed E-state index contributed by atoms with van der Waals surface area (Å²) in [5.41, 5.74) is 2.05. The Bertz CT molecular complexity index is 510. The van der Waals surface area contributed by atoms with Crippen LogP contribution in [0.3, 0.4) is 0 Å². The van der Waals surface area contributed by atoms with E-state index in [1.807, 2.05) is 44.2 Å². The van der Waals surface area contributed by atoms with Crippen LogP contribution in [-0.4, -0.2) is 12.6 Å². The van der Waals surface area contributed by atoms with Crippen LogP contribution in [0.1, 0.15) is 31.9 Å². The number of hydrogen-bond acceptors (Lipinski definition) is 3. The fourth-order valence-electron chi connectivity index (χ4n) is 1.53. The molecule has 0 radical (unpaired) electrons. The summed E-state index contributed by atoms with van der Waals surface area (Å²) in [6, 6.07) is 9.66. The molecule has 0 N–H and O–H groups in total. The van der Waals surface area contributed by atoms with Crippen LogP contribution in [0.2, 0.25) is 0 Å². The highest BCUT2D eigenvalue weighted by atomic mass is 16.5. The van der Waals surface area contributed by atoms with Crippen molar-refractivity contribution in [1.82, 2.24) is 0 Å². The number of nitrogens with zero attached hydrogens (tertiary/aromatic N) is 1. The standard InChI is InChI=1S/C16H19NO2/c1-4-13-6-5-7-14(8-13)9-15(10-17)16(18)19-11-12(2)3/h5-9,12H,4,11H2,1-3H3. The van der Waals surface area contributed by atoms with Crippen molar-refractivity contribution in [3.05, 3.63) is 41.0 Å². The zero-order chi connectivity index (χ0) is 14.3. The first-order valence-corrected chi connectivity index (χ1v) is 6.44. The first-order valence-electron chi connectivity index (χ1n) is 6.44. The summed E-state index contributed by atoms with van der Waals surface area (Å²) in [7, 11) is 0. The van der Waals surface area contributed by atoms with Crippen LogP contribution in [0, 0.1) is 17.2 Å². The van der Waals surface area contributed by atoms with E-state index in [0.29, 0.717) is 6.61 Å². The molecule has 0 unspecified atom stereocenters. The molecule has 0 saturated carbocycles. The highest BCUT2D eigenvalue weighted by molar-refractivity contribution is 5.97. The molecule has 0 aliphatic rings. The predicted octanol–water partition coefficient (Wildman–Crippen LogP) is 3.36. The third kappa shape index (κ3) is 4.97. The van der Waals surface area contributed by atoms with E-state index < -0.39 is 5.97 Å². The Balaban J connectivity index is 2.86. The number of ether oxygens (including phenoxy) is 1. The summed E-state index contributed by atoms with van der Waals surface area (Å²) in [5, 5.41) is 9.03. The zero-order valence-corrected chi connectivity index (χ0v) is 11.6. The molecule has 3 nitrogen and oxygen atoms in total. The minimum Gasteiger partial charge on any atom is -0.461 e. The quantitative estimate of drug-likeness (QED) is 0.461. The van der Waals surface area contributed by atoms with Crippen molar-refractivity contribution in [3.8, 4) is 6.07 Å². The molecule has 0 bridgehead atoms. The van der Waals surface area contributed by atoms with Gasteiger partial charge in [-0.1, -0.05) is 45.0 Å². The second-order valence-electron chi connectivity index (χ2n) is 4.76. The SMILES string of the molecule is CCc1cccc(C=C(C#N)C(=O)OCC(C)C)c1. The van der Waals surface area contributed by atoms with Gasteiger partial charge in [0.25, 0.3) is 0 Å². The van der Waals surface area contributed by atoms with Gasteiger partial charge < -0.3 is 4.74 Å². The fourth-order valence-corrected chi connectivity index (χ4v) is 1.53. The van der Waals surface area contributed by atoms with Crippen LogP contribution in [0.4, 0.5) is 0 Å². The van der Waals surface area contributed by atoms with Gasteiger partial charge >= 0.3 is 5.97 Å². The lowest BCUT2D eigenvalue weighted by atomic mass is 10.1. The van der Waals surface area contributed by atoms with Crippen molar-refractivity contribution in [3.63, 3.8) is 0 Å². The van der Waals surface area contributed by atoms with Crippen molar-refractivity contribution in [2.75, 3.05) is 6.61 Å². The average molecular weight is 257 g/mol. The molecule has 1 aromatic carbocycles. The van der Waals surface area contributed by atoms with E-state index in [0.717, 1.165) is 12.0 Å². The average Bonchev–Trinajstić information content (AvgIpc) is 2.42. The van der Waals surface area contributed by atoms with Gasteiger partial charge in [0.1, 0.15) is 11.6 Å². The van der Waals surface area contributed by atoms with Gasteiger partial charge in [0.2, 0.25) is 0 Å². The second-order valence-corrected chi connectivity index (χ2v) is 4.76. The van der Waals surface area contributed by atoms with Gasteiger partial charge in [-0.25, -0.2) is 4.79 Å². The summed E-state index contributed by atoms with van der Waals surface area (Å²) in [5.74, 6) is -0.301. The lowest BCUT2D eigenvalue weighted by Crippen LogP contribution is -2.11. The largest absolute Gasteiger partial charge is 0.461 e. The maximum absolute atomic E-state index is 11.7. The number of benzene rings is 1. The number of aryl methyl sites for hydroxylation is 1. The summed E-state index contributed by atoms with van der Waals surface area (Å²) in [6.45, 7) is 6.29. The van der Waals surface area contributed by atoms with Crippen molar-refractivity contribution in [2.24, 2.45) is 5.92 Å². The minimum atomic E-state index is -0.557. The summed E-state index contributed by atoms with van der Waals surface area (Å²) in [6.07, 6.45) is 2.49. The minimum absolute atomic E-state index is 0.0360. The Morgan fingerprint density at radius 3 is 2.79 bits per heavy atom. The molecule has 0 aliphatic heterocycles. The molecule has 1 rings (SSSR count). The maximum Gasteiger partial charge on any atom is 0.348 e. The van der Waals surface area contributed by atoms with Gasteiger partial charge in [0.15, 0.2) is 0 Å². The van der Waals surface area contributed by atoms with Gasteiger partial charge in [0, 0.05) is 0 Å². The molecule has 3 heteroatoms. The first kappa shape index (κ1) is 15.0. The molecule has 100 valence electrons. The van der Waals surface area contributed by atoms with Crippen LogP contribution < -0.4 is 0 Å². The highest BCUT2D eigenvalue weighted by Gasteiger charge is 2.11. The third-order valence-electron chi connectivity index (χ3n) is 2.56. The van der Waals surface area contributed by atoms with Crippen LogP contribution in [0.25, 0.3) is 6.08 Å². The third-order valence-corrected chi connectivity index (χ3v) is 2.56. The Kier molecular flexibility index (Phi) is 5.81. The summed E-state index contributed by atoms with van der Waals surface area (Å²) < 4.78 is 5.06. The van der Waals surface area contributed by atoms with Gasteiger partial charge in [-0.3, -0.25) is 0 Å². The van der Waals surface area contributed by atoms with E-state index in [1.165, 1.54) is 5.56 Å². The molecule has 19 heavy (non-hydrogen) atoms. The van der Waals surface area contributed by atoms with Crippen molar-refractivity contribution >= 4 is 12.0 Å². The molecular weight excluding hydrogens is 238 g/mol. The fraction of sp³-hybridized carbons (Fsp3) is 0.375. The molecule has 0 aromatic heterocycles. The Morgan fingerprint density at radius 2 is 2.21 bits per heavy atom. The Labute approximate surface area is 114 Å². The maximum atomic E-state index is 11.7. The molecule has 0 amide bonds. The smallest absolute Gasteiger partial charge is 0.348 e. The summed E-state index contributed by atoms with van der Waals surface area (Å²) in [4.78, 5) is 11.7. The van der Waals surface area contributed by atoms with E-state index >= 15 is 0 Å². The lowest BCUT2D eigenvalue weighted by molar-refractivity contribution is -0.139. The molecule has 1 aromatic rings. The molecule has 0 heterocycles. The number of carbonyl (C=O) groups is 1. The molecule has 0 saturated heterocycles. The molecule has 0 fully saturated rings. The van der Waals surface area contributed by atoms with Gasteiger partial charge in [-0.2, -0.15) is 5.26 Å². The highest BCUT2D eigenvalue weighted by Crippen LogP contribution is 2.11. The van der Waals surface area contributed by atoms with Crippen LogP contribution >= 0.6 is 0 Å². The van der Waals surface area contributed by atoms with Gasteiger partial charge in [0.05, 0.1) is 6.61 Å². The van der Waals surface area contributed by atoms with Crippen molar-refractivity contribution in [1.29, 1.82) is 5.26 Å². The Hall–Kier alpha value is -2.08. The number of rotatable bonds is 5. The van der Waals surface area contributed by atoms with E-state index in [9.17, 15) is 4.79 Å². The Morgan fingerprint density at radius 1 is 1.47 bits per heavy atom. The molecule has 0 aliphatic carbocycles.